The van der Waals surface area contributed by atoms with Crippen molar-refractivity contribution in [2.75, 3.05) is 14.2 Å². The van der Waals surface area contributed by atoms with Gasteiger partial charge in [0.05, 0.1) is 25.5 Å². The molecule has 2 heterocycles. The minimum atomic E-state index is -0.440. The maximum absolute atomic E-state index is 12.5. The number of hydrogen-bond donors (Lipinski definition) is 0. The molecule has 0 radical (unpaired) electrons. The molecule has 0 N–H and O–H groups in total. The van der Waals surface area contributed by atoms with Crippen LogP contribution in [0.15, 0.2) is 63.1 Å². The molecule has 2 aromatic heterocycles. The highest BCUT2D eigenvalue weighted by atomic mass is 32.1. The van der Waals surface area contributed by atoms with Gasteiger partial charge < -0.3 is 13.9 Å². The van der Waals surface area contributed by atoms with Gasteiger partial charge in [0.2, 0.25) is 0 Å². The molecular formula is C20H15NO4S. The first-order valence-corrected chi connectivity index (χ1v) is 8.79. The van der Waals surface area contributed by atoms with Crippen LogP contribution in [0.25, 0.3) is 32.8 Å². The SMILES string of the molecule is COc1cccc(-c2nc(-c3cc4cccc(OC)c4oc3=O)cs2)c1. The van der Waals surface area contributed by atoms with E-state index in [9.17, 15) is 4.79 Å². The van der Waals surface area contributed by atoms with Crippen LogP contribution in [0.1, 0.15) is 0 Å². The largest absolute Gasteiger partial charge is 0.497 e. The number of fused-ring (bicyclic) bond motifs is 1. The lowest BCUT2D eigenvalue weighted by molar-refractivity contribution is 0.407. The van der Waals surface area contributed by atoms with E-state index in [-0.39, 0.29) is 0 Å². The van der Waals surface area contributed by atoms with Gasteiger partial charge in [0, 0.05) is 16.3 Å². The van der Waals surface area contributed by atoms with Crippen LogP contribution in [0, 0.1) is 0 Å². The van der Waals surface area contributed by atoms with Gasteiger partial charge in [-0.15, -0.1) is 11.3 Å². The van der Waals surface area contributed by atoms with Crippen molar-refractivity contribution in [2.45, 2.75) is 0 Å². The third kappa shape index (κ3) is 2.84. The van der Waals surface area contributed by atoms with Crippen LogP contribution in [0.2, 0.25) is 0 Å². The molecule has 0 fully saturated rings. The van der Waals surface area contributed by atoms with Crippen molar-refractivity contribution in [1.82, 2.24) is 4.98 Å². The lowest BCUT2D eigenvalue weighted by atomic mass is 10.1. The van der Waals surface area contributed by atoms with Gasteiger partial charge in [-0.1, -0.05) is 24.3 Å². The molecule has 0 aliphatic heterocycles. The zero-order valence-corrected chi connectivity index (χ0v) is 15.0. The third-order valence-corrected chi connectivity index (χ3v) is 4.93. The molecule has 0 aliphatic rings. The number of nitrogens with zero attached hydrogens (tertiary/aromatic N) is 1. The van der Waals surface area contributed by atoms with Crippen molar-refractivity contribution < 1.29 is 13.9 Å². The fourth-order valence-electron chi connectivity index (χ4n) is 2.74. The first kappa shape index (κ1) is 16.4. The second kappa shape index (κ2) is 6.65. The Morgan fingerprint density at radius 1 is 1.04 bits per heavy atom. The summed E-state index contributed by atoms with van der Waals surface area (Å²) in [5, 5.41) is 3.45. The minimum Gasteiger partial charge on any atom is -0.497 e. The Kier molecular flexibility index (Phi) is 4.18. The molecule has 0 spiro atoms. The molecular weight excluding hydrogens is 350 g/mol. The van der Waals surface area contributed by atoms with E-state index in [2.05, 4.69) is 4.98 Å². The van der Waals surface area contributed by atoms with Crippen LogP contribution in [-0.2, 0) is 0 Å². The number of hydrogen-bond acceptors (Lipinski definition) is 6. The van der Waals surface area contributed by atoms with Gasteiger partial charge in [-0.25, -0.2) is 9.78 Å². The first-order chi connectivity index (χ1) is 12.7. The Hall–Kier alpha value is -3.12. The number of aromatic nitrogens is 1. The second-order valence-corrected chi connectivity index (χ2v) is 6.45. The Balaban J connectivity index is 1.80. The monoisotopic (exact) mass is 365 g/mol. The molecule has 4 rings (SSSR count). The summed E-state index contributed by atoms with van der Waals surface area (Å²) in [5.74, 6) is 1.29. The Morgan fingerprint density at radius 3 is 2.69 bits per heavy atom. The molecule has 0 amide bonds. The summed E-state index contributed by atoms with van der Waals surface area (Å²) in [4.78, 5) is 17.1. The molecule has 2 aromatic carbocycles. The van der Waals surface area contributed by atoms with Gasteiger partial charge in [0.1, 0.15) is 10.8 Å². The van der Waals surface area contributed by atoms with Gasteiger partial charge >= 0.3 is 5.63 Å². The van der Waals surface area contributed by atoms with E-state index in [1.807, 2.05) is 41.8 Å². The number of para-hydroxylation sites is 1. The fourth-order valence-corrected chi connectivity index (χ4v) is 3.56. The molecule has 26 heavy (non-hydrogen) atoms. The smallest absolute Gasteiger partial charge is 0.345 e. The normalized spacial score (nSPS) is 10.8. The van der Waals surface area contributed by atoms with E-state index in [0.29, 0.717) is 22.6 Å². The number of rotatable bonds is 4. The molecule has 0 aliphatic carbocycles. The van der Waals surface area contributed by atoms with Crippen LogP contribution in [-0.4, -0.2) is 19.2 Å². The van der Waals surface area contributed by atoms with E-state index in [4.69, 9.17) is 13.9 Å². The van der Waals surface area contributed by atoms with E-state index in [1.54, 1.807) is 26.4 Å². The van der Waals surface area contributed by atoms with Crippen molar-refractivity contribution in [3.8, 4) is 33.3 Å². The minimum absolute atomic E-state index is 0.427. The van der Waals surface area contributed by atoms with Crippen molar-refractivity contribution in [3.63, 3.8) is 0 Å². The maximum Gasteiger partial charge on any atom is 0.345 e. The molecule has 0 bridgehead atoms. The number of benzene rings is 2. The molecule has 0 unspecified atom stereocenters. The fraction of sp³-hybridized carbons (Fsp3) is 0.100. The van der Waals surface area contributed by atoms with Gasteiger partial charge in [-0.05, 0) is 24.3 Å². The Labute approximate surface area is 153 Å². The third-order valence-electron chi connectivity index (χ3n) is 4.04. The molecule has 0 saturated heterocycles. The van der Waals surface area contributed by atoms with Crippen LogP contribution >= 0.6 is 11.3 Å². The first-order valence-electron chi connectivity index (χ1n) is 7.91. The standard InChI is InChI=1S/C20H15NO4S/c1-23-14-7-3-6-13(9-14)19-21-16(11-26-19)15-10-12-5-4-8-17(24-2)18(12)25-20(15)22/h3-11H,1-2H3. The molecule has 6 heteroatoms. The van der Waals surface area contributed by atoms with Gasteiger partial charge in [-0.3, -0.25) is 0 Å². The summed E-state index contributed by atoms with van der Waals surface area (Å²) >= 11 is 1.47. The summed E-state index contributed by atoms with van der Waals surface area (Å²) < 4.78 is 16.0. The van der Waals surface area contributed by atoms with Crippen LogP contribution < -0.4 is 15.1 Å². The number of ether oxygens (including phenoxy) is 2. The predicted octanol–water partition coefficient (Wildman–Crippen LogP) is 4.60. The van der Waals surface area contributed by atoms with Crippen molar-refractivity contribution in [3.05, 3.63) is 64.3 Å². The van der Waals surface area contributed by atoms with Crippen LogP contribution in [0.4, 0.5) is 0 Å². The number of thiazole rings is 1. The predicted molar refractivity (Wildman–Crippen MR) is 102 cm³/mol. The summed E-state index contributed by atoms with van der Waals surface area (Å²) in [5.41, 5.74) is 1.95. The maximum atomic E-state index is 12.5. The lowest BCUT2D eigenvalue weighted by Crippen LogP contribution is -2.03. The quantitative estimate of drug-likeness (QED) is 0.495. The summed E-state index contributed by atoms with van der Waals surface area (Å²) in [7, 11) is 3.17. The topological polar surface area (TPSA) is 61.6 Å². The van der Waals surface area contributed by atoms with Gasteiger partial charge in [-0.2, -0.15) is 0 Å². The van der Waals surface area contributed by atoms with Crippen LogP contribution in [0.5, 0.6) is 11.5 Å². The highest BCUT2D eigenvalue weighted by Crippen LogP contribution is 2.31. The summed E-state index contributed by atoms with van der Waals surface area (Å²) in [6.07, 6.45) is 0. The zero-order chi connectivity index (χ0) is 18.1. The summed E-state index contributed by atoms with van der Waals surface area (Å²) in [6.45, 7) is 0. The van der Waals surface area contributed by atoms with Crippen LogP contribution in [0.3, 0.4) is 0 Å². The number of methoxy groups -OCH3 is 2. The molecule has 5 nitrogen and oxygen atoms in total. The Morgan fingerprint density at radius 2 is 1.88 bits per heavy atom. The molecule has 0 atom stereocenters. The summed E-state index contributed by atoms with van der Waals surface area (Å²) in [6, 6.07) is 14.9. The zero-order valence-electron chi connectivity index (χ0n) is 14.2. The van der Waals surface area contributed by atoms with E-state index >= 15 is 0 Å². The van der Waals surface area contributed by atoms with E-state index in [0.717, 1.165) is 21.7 Å². The highest BCUT2D eigenvalue weighted by Gasteiger charge is 2.14. The average Bonchev–Trinajstić information content (AvgIpc) is 3.17. The average molecular weight is 365 g/mol. The van der Waals surface area contributed by atoms with E-state index in [1.165, 1.54) is 11.3 Å². The molecule has 0 saturated carbocycles. The Bertz CT molecular complexity index is 1150. The molecule has 130 valence electrons. The molecule has 4 aromatic rings. The highest BCUT2D eigenvalue weighted by molar-refractivity contribution is 7.13. The van der Waals surface area contributed by atoms with Gasteiger partial charge in [0.15, 0.2) is 11.3 Å². The second-order valence-electron chi connectivity index (χ2n) is 5.60. The van der Waals surface area contributed by atoms with E-state index < -0.39 is 5.63 Å². The van der Waals surface area contributed by atoms with Crippen molar-refractivity contribution in [1.29, 1.82) is 0 Å². The van der Waals surface area contributed by atoms with Crippen molar-refractivity contribution in [2.24, 2.45) is 0 Å². The van der Waals surface area contributed by atoms with Gasteiger partial charge in [0.25, 0.3) is 0 Å². The lowest BCUT2D eigenvalue weighted by Gasteiger charge is -2.04. The van der Waals surface area contributed by atoms with Crippen molar-refractivity contribution >= 4 is 22.3 Å².